The third-order valence-electron chi connectivity index (χ3n) is 3.88. The lowest BCUT2D eigenvalue weighted by molar-refractivity contribution is -0.122. The molecule has 0 bridgehead atoms. The predicted octanol–water partition coefficient (Wildman–Crippen LogP) is 3.24. The summed E-state index contributed by atoms with van der Waals surface area (Å²) in [6.45, 7) is 6.32. The van der Waals surface area contributed by atoms with Crippen LogP contribution in [0, 0.1) is 5.92 Å². The molecule has 2 N–H and O–H groups in total. The van der Waals surface area contributed by atoms with E-state index < -0.39 is 16.1 Å². The van der Waals surface area contributed by atoms with Gasteiger partial charge in [0, 0.05) is 5.69 Å². The van der Waals surface area contributed by atoms with Crippen molar-refractivity contribution >= 4 is 27.3 Å². The summed E-state index contributed by atoms with van der Waals surface area (Å²) in [5.74, 6) is 1.20. The summed E-state index contributed by atoms with van der Waals surface area (Å²) in [5.41, 5.74) is 0.747. The van der Waals surface area contributed by atoms with Gasteiger partial charge >= 0.3 is 0 Å². The van der Waals surface area contributed by atoms with Gasteiger partial charge in [-0.25, -0.2) is 8.42 Å². The molecule has 1 atom stereocenters. The van der Waals surface area contributed by atoms with E-state index in [4.69, 9.17) is 9.47 Å². The van der Waals surface area contributed by atoms with Gasteiger partial charge in [0.25, 0.3) is 15.9 Å². The number of nitrogens with one attached hydrogen (secondary N) is 2. The molecule has 1 amide bonds. The van der Waals surface area contributed by atoms with Gasteiger partial charge in [-0.3, -0.25) is 9.52 Å². The Hall–Kier alpha value is -2.74. The van der Waals surface area contributed by atoms with Gasteiger partial charge in [0.05, 0.1) is 17.2 Å². The summed E-state index contributed by atoms with van der Waals surface area (Å²) in [7, 11) is -3.81. The van der Waals surface area contributed by atoms with Gasteiger partial charge in [-0.15, -0.1) is 0 Å². The molecule has 1 aliphatic rings. The summed E-state index contributed by atoms with van der Waals surface area (Å²) in [5, 5.41) is 2.64. The molecule has 0 saturated heterocycles. The largest absolute Gasteiger partial charge is 0.493 e. The zero-order valence-electron chi connectivity index (χ0n) is 15.4. The molecule has 2 aromatic carbocycles. The first-order chi connectivity index (χ1) is 12.7. The van der Waals surface area contributed by atoms with Gasteiger partial charge in [0.1, 0.15) is 11.5 Å². The smallest absolute Gasteiger partial charge is 0.265 e. The monoisotopic (exact) mass is 390 g/mol. The maximum Gasteiger partial charge on any atom is 0.265 e. The first-order valence-electron chi connectivity index (χ1n) is 8.62. The molecule has 1 heterocycles. The summed E-state index contributed by atoms with van der Waals surface area (Å²) in [4.78, 5) is 11.8. The number of hydrogen-bond acceptors (Lipinski definition) is 5. The Morgan fingerprint density at radius 2 is 1.89 bits per heavy atom. The number of anilines is 2. The Bertz CT molecular complexity index is 939. The van der Waals surface area contributed by atoms with Crippen molar-refractivity contribution < 1.29 is 22.7 Å². The van der Waals surface area contributed by atoms with E-state index in [2.05, 4.69) is 23.9 Å². The van der Waals surface area contributed by atoms with E-state index >= 15 is 0 Å². The first-order valence-corrected chi connectivity index (χ1v) is 10.1. The quantitative estimate of drug-likeness (QED) is 0.790. The van der Waals surface area contributed by atoms with Crippen molar-refractivity contribution in [3.63, 3.8) is 0 Å². The molecule has 8 heteroatoms. The molecule has 0 aliphatic carbocycles. The fraction of sp³-hybridized carbons (Fsp3) is 0.316. The van der Waals surface area contributed by atoms with Crippen LogP contribution in [0.15, 0.2) is 47.4 Å². The second-order valence-electron chi connectivity index (χ2n) is 6.74. The minimum Gasteiger partial charge on any atom is -0.493 e. The third-order valence-corrected chi connectivity index (χ3v) is 5.26. The van der Waals surface area contributed by atoms with E-state index in [0.29, 0.717) is 35.4 Å². The van der Waals surface area contributed by atoms with Crippen LogP contribution in [-0.2, 0) is 14.8 Å². The van der Waals surface area contributed by atoms with Gasteiger partial charge in [-0.2, -0.15) is 0 Å². The molecule has 7 nitrogen and oxygen atoms in total. The molecule has 0 fully saturated rings. The minimum absolute atomic E-state index is 0.0276. The standard InChI is InChI=1S/C19H22N2O5S/c1-12(2)11-25-15-6-4-14(5-7-15)21-27(23,24)16-8-9-18-17(10-16)20-19(22)13(3)26-18/h4-10,12-13,21H,11H2,1-3H3,(H,20,22). The van der Waals surface area contributed by atoms with Crippen LogP contribution in [0.1, 0.15) is 20.8 Å². The number of benzene rings is 2. The van der Waals surface area contributed by atoms with Gasteiger partial charge in [0.15, 0.2) is 6.10 Å². The number of sulfonamides is 1. The molecular weight excluding hydrogens is 368 g/mol. The molecule has 144 valence electrons. The van der Waals surface area contributed by atoms with Crippen molar-refractivity contribution in [1.29, 1.82) is 0 Å². The molecule has 0 saturated carbocycles. The maximum atomic E-state index is 12.6. The number of carbonyl (C=O) groups is 1. The Balaban J connectivity index is 1.75. The minimum atomic E-state index is -3.81. The zero-order chi connectivity index (χ0) is 19.6. The van der Waals surface area contributed by atoms with Crippen molar-refractivity contribution in [1.82, 2.24) is 0 Å². The molecule has 1 unspecified atom stereocenters. The molecule has 0 spiro atoms. The van der Waals surface area contributed by atoms with Crippen molar-refractivity contribution in [3.05, 3.63) is 42.5 Å². The van der Waals surface area contributed by atoms with E-state index in [1.54, 1.807) is 31.2 Å². The van der Waals surface area contributed by atoms with E-state index in [-0.39, 0.29) is 10.8 Å². The summed E-state index contributed by atoms with van der Waals surface area (Å²) >= 11 is 0. The highest BCUT2D eigenvalue weighted by Gasteiger charge is 2.25. The summed E-state index contributed by atoms with van der Waals surface area (Å²) < 4.78 is 38.8. The second-order valence-corrected chi connectivity index (χ2v) is 8.42. The number of carbonyl (C=O) groups excluding carboxylic acids is 1. The SMILES string of the molecule is CC(C)COc1ccc(NS(=O)(=O)c2ccc3c(c2)NC(=O)C(C)O3)cc1. The normalized spacial score (nSPS) is 16.3. The van der Waals surface area contributed by atoms with Crippen LogP contribution in [0.2, 0.25) is 0 Å². The Labute approximate surface area is 158 Å². The highest BCUT2D eigenvalue weighted by molar-refractivity contribution is 7.92. The lowest BCUT2D eigenvalue weighted by Gasteiger charge is -2.23. The topological polar surface area (TPSA) is 93.7 Å². The van der Waals surface area contributed by atoms with Crippen LogP contribution in [0.4, 0.5) is 11.4 Å². The van der Waals surface area contributed by atoms with Gasteiger partial charge in [0.2, 0.25) is 0 Å². The van der Waals surface area contributed by atoms with Crippen LogP contribution >= 0.6 is 0 Å². The predicted molar refractivity (Wildman–Crippen MR) is 103 cm³/mol. The number of hydrogen-bond donors (Lipinski definition) is 2. The molecule has 1 aliphatic heterocycles. The van der Waals surface area contributed by atoms with Gasteiger partial charge in [-0.05, 0) is 55.3 Å². The maximum absolute atomic E-state index is 12.6. The molecule has 3 rings (SSSR count). The van der Waals surface area contributed by atoms with Gasteiger partial charge in [-0.1, -0.05) is 13.8 Å². The molecular formula is C19H22N2O5S. The lowest BCUT2D eigenvalue weighted by atomic mass is 10.2. The van der Waals surface area contributed by atoms with Crippen LogP contribution in [0.5, 0.6) is 11.5 Å². The second kappa shape index (κ2) is 7.48. The Morgan fingerprint density at radius 1 is 1.19 bits per heavy atom. The first kappa shape index (κ1) is 19.0. The zero-order valence-corrected chi connectivity index (χ0v) is 16.2. The average Bonchev–Trinajstić information content (AvgIpc) is 2.61. The van der Waals surface area contributed by atoms with Crippen LogP contribution in [0.25, 0.3) is 0 Å². The van der Waals surface area contributed by atoms with Gasteiger partial charge < -0.3 is 14.8 Å². The molecule has 2 aromatic rings. The summed E-state index contributed by atoms with van der Waals surface area (Å²) in [6.07, 6.45) is -0.616. The molecule has 0 aromatic heterocycles. The number of amides is 1. The Kier molecular flexibility index (Phi) is 5.27. The van der Waals surface area contributed by atoms with E-state index in [9.17, 15) is 13.2 Å². The average molecular weight is 390 g/mol. The Morgan fingerprint density at radius 3 is 2.56 bits per heavy atom. The third kappa shape index (κ3) is 4.51. The van der Waals surface area contributed by atoms with E-state index in [0.717, 1.165) is 0 Å². The number of rotatable bonds is 6. The number of fused-ring (bicyclic) bond motifs is 1. The lowest BCUT2D eigenvalue weighted by Crippen LogP contribution is -2.34. The highest BCUT2D eigenvalue weighted by atomic mass is 32.2. The van der Waals surface area contributed by atoms with E-state index in [1.807, 2.05) is 0 Å². The summed E-state index contributed by atoms with van der Waals surface area (Å²) in [6, 6.07) is 11.0. The van der Waals surface area contributed by atoms with E-state index in [1.165, 1.54) is 18.2 Å². The molecule has 0 radical (unpaired) electrons. The van der Waals surface area contributed by atoms with Crippen LogP contribution in [-0.4, -0.2) is 27.0 Å². The van der Waals surface area contributed by atoms with Crippen LogP contribution in [0.3, 0.4) is 0 Å². The fourth-order valence-electron chi connectivity index (χ4n) is 2.45. The van der Waals surface area contributed by atoms with Crippen molar-refractivity contribution in [2.75, 3.05) is 16.6 Å². The molecule has 27 heavy (non-hydrogen) atoms. The van der Waals surface area contributed by atoms with Crippen molar-refractivity contribution in [2.24, 2.45) is 5.92 Å². The number of ether oxygens (including phenoxy) is 2. The van der Waals surface area contributed by atoms with Crippen molar-refractivity contribution in [3.8, 4) is 11.5 Å². The van der Waals surface area contributed by atoms with Crippen molar-refractivity contribution in [2.45, 2.75) is 31.8 Å². The van der Waals surface area contributed by atoms with Crippen LogP contribution < -0.4 is 19.5 Å². The fourth-order valence-corrected chi connectivity index (χ4v) is 3.54. The highest BCUT2D eigenvalue weighted by Crippen LogP contribution is 2.32.